The third kappa shape index (κ3) is 7.54. The summed E-state index contributed by atoms with van der Waals surface area (Å²) >= 11 is 5.76. The zero-order valence-corrected chi connectivity index (χ0v) is 12.2. The van der Waals surface area contributed by atoms with E-state index in [4.69, 9.17) is 25.8 Å². The monoisotopic (exact) mass is 279 g/mol. The van der Waals surface area contributed by atoms with Crippen LogP contribution in [-0.4, -0.2) is 70.6 Å². The quantitative estimate of drug-likeness (QED) is 0.425. The van der Waals surface area contributed by atoms with Gasteiger partial charge in [-0.05, 0) is 25.3 Å². The number of methoxy groups -OCH3 is 1. The summed E-state index contributed by atoms with van der Waals surface area (Å²) in [6, 6.07) is 0. The largest absolute Gasteiger partial charge is 0.382 e. The van der Waals surface area contributed by atoms with Crippen LogP contribution in [0.3, 0.4) is 0 Å². The molecule has 0 bridgehead atoms. The Balaban J connectivity index is 1.84. The van der Waals surface area contributed by atoms with E-state index in [0.717, 1.165) is 31.4 Å². The molecule has 4 nitrogen and oxygen atoms in total. The number of ether oxygens (including phenoxy) is 3. The molecule has 1 unspecified atom stereocenters. The van der Waals surface area contributed by atoms with Crippen LogP contribution in [-0.2, 0) is 14.2 Å². The van der Waals surface area contributed by atoms with Crippen molar-refractivity contribution in [1.82, 2.24) is 4.90 Å². The predicted octanol–water partition coefficient (Wildman–Crippen LogP) is 1.62. The fourth-order valence-electron chi connectivity index (χ4n) is 2.16. The van der Waals surface area contributed by atoms with Crippen LogP contribution in [0.4, 0.5) is 0 Å². The van der Waals surface area contributed by atoms with Gasteiger partial charge in [-0.1, -0.05) is 0 Å². The molecule has 0 N–H and O–H groups in total. The first-order valence-electron chi connectivity index (χ1n) is 6.79. The highest BCUT2D eigenvalue weighted by Gasteiger charge is 2.21. The van der Waals surface area contributed by atoms with Crippen LogP contribution in [0.1, 0.15) is 12.8 Å². The Morgan fingerprint density at radius 3 is 2.56 bits per heavy atom. The van der Waals surface area contributed by atoms with Gasteiger partial charge >= 0.3 is 0 Å². The fourth-order valence-corrected chi connectivity index (χ4v) is 2.47. The van der Waals surface area contributed by atoms with E-state index in [1.807, 2.05) is 0 Å². The third-order valence-corrected chi connectivity index (χ3v) is 3.46. The molecule has 5 heteroatoms. The second-order valence-electron chi connectivity index (χ2n) is 4.65. The molecule has 0 amide bonds. The Kier molecular flexibility index (Phi) is 9.89. The summed E-state index contributed by atoms with van der Waals surface area (Å²) in [5.74, 6) is 1.58. The SMILES string of the molecule is COCCOCCOCCN1CCC(CCCl)C1. The Labute approximate surface area is 116 Å². The molecule has 1 atom stereocenters. The minimum Gasteiger partial charge on any atom is -0.382 e. The van der Waals surface area contributed by atoms with Crippen molar-refractivity contribution in [2.75, 3.05) is 65.7 Å². The van der Waals surface area contributed by atoms with Crippen LogP contribution >= 0.6 is 11.6 Å². The molecule has 0 spiro atoms. The summed E-state index contributed by atoms with van der Waals surface area (Å²) in [4.78, 5) is 2.46. The maximum absolute atomic E-state index is 5.76. The summed E-state index contributed by atoms with van der Waals surface area (Å²) in [6.45, 7) is 6.80. The lowest BCUT2D eigenvalue weighted by Gasteiger charge is -2.15. The second-order valence-corrected chi connectivity index (χ2v) is 5.03. The highest BCUT2D eigenvalue weighted by molar-refractivity contribution is 6.17. The van der Waals surface area contributed by atoms with E-state index in [2.05, 4.69) is 4.90 Å². The minimum absolute atomic E-state index is 0.645. The van der Waals surface area contributed by atoms with E-state index in [1.165, 1.54) is 19.5 Å². The lowest BCUT2D eigenvalue weighted by Crippen LogP contribution is -2.26. The van der Waals surface area contributed by atoms with Crippen molar-refractivity contribution >= 4 is 11.6 Å². The zero-order valence-electron chi connectivity index (χ0n) is 11.4. The molecule has 0 aromatic heterocycles. The number of rotatable bonds is 11. The Bertz CT molecular complexity index is 195. The molecule has 0 aliphatic carbocycles. The van der Waals surface area contributed by atoms with Gasteiger partial charge in [0.05, 0.1) is 33.0 Å². The van der Waals surface area contributed by atoms with E-state index in [0.29, 0.717) is 26.4 Å². The van der Waals surface area contributed by atoms with Gasteiger partial charge < -0.3 is 19.1 Å². The first kappa shape index (κ1) is 16.2. The molecule has 1 fully saturated rings. The molecule has 1 heterocycles. The second kappa shape index (κ2) is 11.0. The lowest BCUT2D eigenvalue weighted by atomic mass is 10.1. The molecule has 1 aliphatic heterocycles. The normalized spacial score (nSPS) is 20.7. The molecule has 0 aromatic carbocycles. The summed E-state index contributed by atoms with van der Waals surface area (Å²) in [7, 11) is 1.67. The van der Waals surface area contributed by atoms with Crippen molar-refractivity contribution in [1.29, 1.82) is 0 Å². The van der Waals surface area contributed by atoms with E-state index in [9.17, 15) is 0 Å². The van der Waals surface area contributed by atoms with Gasteiger partial charge in [0.2, 0.25) is 0 Å². The minimum atomic E-state index is 0.645. The van der Waals surface area contributed by atoms with E-state index >= 15 is 0 Å². The number of likely N-dealkylation sites (tertiary alicyclic amines) is 1. The van der Waals surface area contributed by atoms with Gasteiger partial charge in [0.1, 0.15) is 0 Å². The smallest absolute Gasteiger partial charge is 0.0701 e. The predicted molar refractivity (Wildman–Crippen MR) is 73.4 cm³/mol. The average molecular weight is 280 g/mol. The van der Waals surface area contributed by atoms with Crippen molar-refractivity contribution in [2.24, 2.45) is 5.92 Å². The molecule has 0 aromatic rings. The Morgan fingerprint density at radius 1 is 1.11 bits per heavy atom. The standard InChI is InChI=1S/C13H26ClNO3/c1-16-8-9-18-11-10-17-7-6-15-5-3-13(12-15)2-4-14/h13H,2-12H2,1H3. The maximum atomic E-state index is 5.76. The molecule has 0 saturated carbocycles. The van der Waals surface area contributed by atoms with Crippen LogP contribution < -0.4 is 0 Å². The summed E-state index contributed by atoms with van der Waals surface area (Å²) in [5.41, 5.74) is 0. The maximum Gasteiger partial charge on any atom is 0.0701 e. The topological polar surface area (TPSA) is 30.9 Å². The first-order chi connectivity index (χ1) is 8.86. The van der Waals surface area contributed by atoms with Crippen molar-refractivity contribution in [3.63, 3.8) is 0 Å². The van der Waals surface area contributed by atoms with Crippen LogP contribution in [0.2, 0.25) is 0 Å². The lowest BCUT2D eigenvalue weighted by molar-refractivity contribution is 0.0205. The highest BCUT2D eigenvalue weighted by atomic mass is 35.5. The van der Waals surface area contributed by atoms with E-state index < -0.39 is 0 Å². The molecule has 1 saturated heterocycles. The van der Waals surface area contributed by atoms with E-state index in [1.54, 1.807) is 7.11 Å². The van der Waals surface area contributed by atoms with Gasteiger partial charge in [0.15, 0.2) is 0 Å². The molecular weight excluding hydrogens is 254 g/mol. The number of halogens is 1. The molecule has 1 rings (SSSR count). The summed E-state index contributed by atoms with van der Waals surface area (Å²) < 4.78 is 15.7. The third-order valence-electron chi connectivity index (χ3n) is 3.24. The van der Waals surface area contributed by atoms with Gasteiger partial charge in [-0.2, -0.15) is 0 Å². The number of nitrogens with zero attached hydrogens (tertiary/aromatic N) is 1. The molecule has 0 radical (unpaired) electrons. The van der Waals surface area contributed by atoms with E-state index in [-0.39, 0.29) is 0 Å². The Morgan fingerprint density at radius 2 is 1.83 bits per heavy atom. The van der Waals surface area contributed by atoms with Gasteiger partial charge in [-0.3, -0.25) is 0 Å². The van der Waals surface area contributed by atoms with Crippen molar-refractivity contribution in [3.05, 3.63) is 0 Å². The molecule has 1 aliphatic rings. The van der Waals surface area contributed by atoms with Crippen LogP contribution in [0.15, 0.2) is 0 Å². The van der Waals surface area contributed by atoms with Gasteiger partial charge in [-0.15, -0.1) is 11.6 Å². The van der Waals surface area contributed by atoms with Crippen LogP contribution in [0.5, 0.6) is 0 Å². The number of hydrogen-bond acceptors (Lipinski definition) is 4. The van der Waals surface area contributed by atoms with Crippen LogP contribution in [0, 0.1) is 5.92 Å². The number of hydrogen-bond donors (Lipinski definition) is 0. The first-order valence-corrected chi connectivity index (χ1v) is 7.33. The summed E-state index contributed by atoms with van der Waals surface area (Å²) in [5, 5.41) is 0. The van der Waals surface area contributed by atoms with Crippen molar-refractivity contribution in [3.8, 4) is 0 Å². The van der Waals surface area contributed by atoms with Gasteiger partial charge in [0, 0.05) is 26.1 Å². The van der Waals surface area contributed by atoms with Crippen LogP contribution in [0.25, 0.3) is 0 Å². The highest BCUT2D eigenvalue weighted by Crippen LogP contribution is 2.19. The zero-order chi connectivity index (χ0) is 13.1. The van der Waals surface area contributed by atoms with Crippen molar-refractivity contribution in [2.45, 2.75) is 12.8 Å². The number of alkyl halides is 1. The van der Waals surface area contributed by atoms with Gasteiger partial charge in [0.25, 0.3) is 0 Å². The molecular formula is C13H26ClNO3. The summed E-state index contributed by atoms with van der Waals surface area (Å²) in [6.07, 6.45) is 2.43. The Hall–Kier alpha value is 0.130. The van der Waals surface area contributed by atoms with Crippen molar-refractivity contribution < 1.29 is 14.2 Å². The fraction of sp³-hybridized carbons (Fsp3) is 1.00. The average Bonchev–Trinajstić information content (AvgIpc) is 2.81. The molecule has 18 heavy (non-hydrogen) atoms. The molecule has 108 valence electrons. The van der Waals surface area contributed by atoms with Gasteiger partial charge in [-0.25, -0.2) is 0 Å².